The molecular weight excluding hydrogens is 240 g/mol. The Bertz CT molecular complexity index is 579. The molecule has 18 heavy (non-hydrogen) atoms. The van der Waals surface area contributed by atoms with Crippen molar-refractivity contribution in [1.82, 2.24) is 4.98 Å². The number of methoxy groups -OCH3 is 1. The highest BCUT2D eigenvalue weighted by Crippen LogP contribution is 2.14. The third-order valence-electron chi connectivity index (χ3n) is 2.29. The maximum atomic E-state index is 13.0. The maximum absolute atomic E-state index is 13.0. The number of nitrogens with zero attached hydrogens (tertiary/aromatic N) is 1. The van der Waals surface area contributed by atoms with Gasteiger partial charge in [-0.05, 0) is 18.2 Å². The molecule has 0 saturated carbocycles. The summed E-state index contributed by atoms with van der Waals surface area (Å²) in [5.74, 6) is -1.91. The van der Waals surface area contributed by atoms with Gasteiger partial charge in [0.1, 0.15) is 17.3 Å². The number of carbonyl (C=O) groups is 1. The van der Waals surface area contributed by atoms with Crippen molar-refractivity contribution in [2.45, 2.75) is 0 Å². The summed E-state index contributed by atoms with van der Waals surface area (Å²) in [7, 11) is 1.42. The summed E-state index contributed by atoms with van der Waals surface area (Å²) in [6.07, 6.45) is 0. The first-order chi connectivity index (χ1) is 8.60. The predicted molar refractivity (Wildman–Crippen MR) is 60.6 cm³/mol. The van der Waals surface area contributed by atoms with E-state index in [0.29, 0.717) is 6.07 Å². The van der Waals surface area contributed by atoms with Crippen LogP contribution in [0.15, 0.2) is 36.4 Å². The van der Waals surface area contributed by atoms with Gasteiger partial charge >= 0.3 is 0 Å². The van der Waals surface area contributed by atoms with E-state index in [0.717, 1.165) is 12.1 Å². The number of aromatic nitrogens is 1. The number of ketones is 1. The lowest BCUT2D eigenvalue weighted by Gasteiger charge is -2.03. The second kappa shape index (κ2) is 4.91. The number of benzene rings is 1. The van der Waals surface area contributed by atoms with E-state index in [1.165, 1.54) is 13.2 Å². The lowest BCUT2D eigenvalue weighted by molar-refractivity contribution is 0.103. The van der Waals surface area contributed by atoms with E-state index in [1.807, 2.05) is 0 Å². The fourth-order valence-corrected chi connectivity index (χ4v) is 1.49. The molecule has 0 aliphatic rings. The molecule has 1 aromatic heterocycles. The number of rotatable bonds is 3. The molecule has 0 unspecified atom stereocenters. The number of ether oxygens (including phenoxy) is 1. The molecule has 0 bridgehead atoms. The van der Waals surface area contributed by atoms with Gasteiger partial charge in [-0.2, -0.15) is 0 Å². The zero-order valence-electron chi connectivity index (χ0n) is 9.48. The Morgan fingerprint density at radius 1 is 1.17 bits per heavy atom. The summed E-state index contributed by atoms with van der Waals surface area (Å²) in [4.78, 5) is 15.9. The van der Waals surface area contributed by atoms with Crippen LogP contribution in [0.3, 0.4) is 0 Å². The standard InChI is InChI=1S/C13H9F2NO2/c1-18-12-4-2-3-11(16-12)13(17)8-5-9(14)7-10(15)6-8/h2-7H,1H3. The molecule has 0 aliphatic carbocycles. The van der Waals surface area contributed by atoms with E-state index in [-0.39, 0.29) is 17.1 Å². The van der Waals surface area contributed by atoms with E-state index in [1.54, 1.807) is 12.1 Å². The second-order valence-electron chi connectivity index (χ2n) is 3.55. The molecule has 1 heterocycles. The first-order valence-corrected chi connectivity index (χ1v) is 5.12. The van der Waals surface area contributed by atoms with Crippen molar-refractivity contribution in [2.75, 3.05) is 7.11 Å². The Kier molecular flexibility index (Phi) is 3.32. The van der Waals surface area contributed by atoms with Crippen LogP contribution >= 0.6 is 0 Å². The highest BCUT2D eigenvalue weighted by molar-refractivity contribution is 6.07. The predicted octanol–water partition coefficient (Wildman–Crippen LogP) is 2.60. The van der Waals surface area contributed by atoms with E-state index in [2.05, 4.69) is 4.98 Å². The van der Waals surface area contributed by atoms with Gasteiger partial charge in [-0.3, -0.25) is 4.79 Å². The minimum absolute atomic E-state index is 0.0688. The van der Waals surface area contributed by atoms with Gasteiger partial charge in [0, 0.05) is 17.7 Å². The summed E-state index contributed by atoms with van der Waals surface area (Å²) < 4.78 is 30.9. The zero-order chi connectivity index (χ0) is 13.1. The molecule has 0 spiro atoms. The van der Waals surface area contributed by atoms with Crippen LogP contribution in [0.1, 0.15) is 16.1 Å². The lowest BCUT2D eigenvalue weighted by atomic mass is 10.1. The highest BCUT2D eigenvalue weighted by atomic mass is 19.1. The van der Waals surface area contributed by atoms with Crippen molar-refractivity contribution < 1.29 is 18.3 Å². The second-order valence-corrected chi connectivity index (χ2v) is 3.55. The molecule has 2 rings (SSSR count). The van der Waals surface area contributed by atoms with Gasteiger partial charge in [0.2, 0.25) is 11.7 Å². The fourth-order valence-electron chi connectivity index (χ4n) is 1.49. The molecule has 92 valence electrons. The molecule has 0 radical (unpaired) electrons. The Balaban J connectivity index is 2.41. The third-order valence-corrected chi connectivity index (χ3v) is 2.29. The number of hydrogen-bond donors (Lipinski definition) is 0. The Morgan fingerprint density at radius 3 is 2.44 bits per heavy atom. The SMILES string of the molecule is COc1cccc(C(=O)c2cc(F)cc(F)c2)n1. The summed E-state index contributed by atoms with van der Waals surface area (Å²) in [5, 5.41) is 0. The largest absolute Gasteiger partial charge is 0.481 e. The highest BCUT2D eigenvalue weighted by Gasteiger charge is 2.13. The van der Waals surface area contributed by atoms with Crippen molar-refractivity contribution in [3.8, 4) is 5.88 Å². The summed E-state index contributed by atoms with van der Waals surface area (Å²) in [5.41, 5.74) is -0.0207. The Labute approximate surface area is 102 Å². The van der Waals surface area contributed by atoms with Crippen LogP contribution in [0.2, 0.25) is 0 Å². The van der Waals surface area contributed by atoms with Gasteiger partial charge in [-0.15, -0.1) is 0 Å². The molecule has 0 atom stereocenters. The average molecular weight is 249 g/mol. The first kappa shape index (κ1) is 12.2. The quantitative estimate of drug-likeness (QED) is 0.785. The average Bonchev–Trinajstić information content (AvgIpc) is 2.37. The van der Waals surface area contributed by atoms with Crippen molar-refractivity contribution in [2.24, 2.45) is 0 Å². The number of hydrogen-bond acceptors (Lipinski definition) is 3. The lowest BCUT2D eigenvalue weighted by Crippen LogP contribution is -2.05. The van der Waals surface area contributed by atoms with Crippen LogP contribution < -0.4 is 4.74 Å². The van der Waals surface area contributed by atoms with Crippen molar-refractivity contribution in [1.29, 1.82) is 0 Å². The van der Waals surface area contributed by atoms with Gasteiger partial charge in [-0.1, -0.05) is 6.07 Å². The normalized spacial score (nSPS) is 10.2. The molecule has 0 fully saturated rings. The fraction of sp³-hybridized carbons (Fsp3) is 0.0769. The maximum Gasteiger partial charge on any atom is 0.213 e. The van der Waals surface area contributed by atoms with E-state index < -0.39 is 17.4 Å². The minimum Gasteiger partial charge on any atom is -0.481 e. The van der Waals surface area contributed by atoms with Crippen LogP contribution in [0, 0.1) is 11.6 Å². The monoisotopic (exact) mass is 249 g/mol. The molecule has 0 aliphatic heterocycles. The summed E-state index contributed by atoms with van der Waals surface area (Å²) >= 11 is 0. The van der Waals surface area contributed by atoms with E-state index in [9.17, 15) is 13.6 Å². The minimum atomic E-state index is -0.804. The van der Waals surface area contributed by atoms with Gasteiger partial charge in [0.15, 0.2) is 0 Å². The van der Waals surface area contributed by atoms with Crippen LogP contribution in [-0.2, 0) is 0 Å². The Hall–Kier alpha value is -2.30. The van der Waals surface area contributed by atoms with Crippen LogP contribution in [0.5, 0.6) is 5.88 Å². The van der Waals surface area contributed by atoms with Crippen LogP contribution in [-0.4, -0.2) is 17.9 Å². The van der Waals surface area contributed by atoms with Crippen LogP contribution in [0.25, 0.3) is 0 Å². The van der Waals surface area contributed by atoms with Gasteiger partial charge in [0.25, 0.3) is 0 Å². The number of pyridine rings is 1. The molecule has 0 saturated heterocycles. The topological polar surface area (TPSA) is 39.2 Å². The smallest absolute Gasteiger partial charge is 0.213 e. The zero-order valence-corrected chi connectivity index (χ0v) is 9.48. The number of halogens is 2. The van der Waals surface area contributed by atoms with Gasteiger partial charge in [-0.25, -0.2) is 13.8 Å². The molecule has 0 amide bonds. The van der Waals surface area contributed by atoms with E-state index in [4.69, 9.17) is 4.74 Å². The molecule has 5 heteroatoms. The van der Waals surface area contributed by atoms with Gasteiger partial charge < -0.3 is 4.74 Å². The van der Waals surface area contributed by atoms with Crippen LogP contribution in [0.4, 0.5) is 8.78 Å². The third kappa shape index (κ3) is 2.51. The van der Waals surface area contributed by atoms with Crippen molar-refractivity contribution in [3.63, 3.8) is 0 Å². The van der Waals surface area contributed by atoms with Crippen molar-refractivity contribution in [3.05, 3.63) is 59.3 Å². The summed E-state index contributed by atoms with van der Waals surface area (Å²) in [6, 6.07) is 7.24. The molecule has 2 aromatic rings. The molecular formula is C13H9F2NO2. The van der Waals surface area contributed by atoms with Gasteiger partial charge in [0.05, 0.1) is 7.11 Å². The van der Waals surface area contributed by atoms with Crippen molar-refractivity contribution >= 4 is 5.78 Å². The molecule has 1 aromatic carbocycles. The summed E-state index contributed by atoms with van der Waals surface area (Å²) in [6.45, 7) is 0. The molecule has 3 nitrogen and oxygen atoms in total. The Morgan fingerprint density at radius 2 is 1.83 bits per heavy atom. The van der Waals surface area contributed by atoms with E-state index >= 15 is 0 Å². The molecule has 0 N–H and O–H groups in total. The number of carbonyl (C=O) groups excluding carboxylic acids is 1. The first-order valence-electron chi connectivity index (χ1n) is 5.12.